The van der Waals surface area contributed by atoms with Gasteiger partial charge in [-0.1, -0.05) is 41.9 Å². The number of benzene rings is 2. The maximum Gasteiger partial charge on any atom is 0.142 e. The van der Waals surface area contributed by atoms with Crippen LogP contribution in [0, 0.1) is 6.92 Å². The van der Waals surface area contributed by atoms with Gasteiger partial charge in [0.05, 0.1) is 12.8 Å². The molecule has 0 saturated carbocycles. The lowest BCUT2D eigenvalue weighted by Crippen LogP contribution is -2.05. The minimum Gasteiger partial charge on any atom is -0.495 e. The van der Waals surface area contributed by atoms with Crippen molar-refractivity contribution in [3.8, 4) is 5.75 Å². The highest BCUT2D eigenvalue weighted by Crippen LogP contribution is 2.30. The van der Waals surface area contributed by atoms with Crippen molar-refractivity contribution in [3.63, 3.8) is 0 Å². The Labute approximate surface area is 152 Å². The molecule has 0 aliphatic carbocycles. The van der Waals surface area contributed by atoms with Gasteiger partial charge in [0.25, 0.3) is 0 Å². The van der Waals surface area contributed by atoms with E-state index in [1.54, 1.807) is 19.2 Å². The highest BCUT2D eigenvalue weighted by Gasteiger charge is 2.07. The summed E-state index contributed by atoms with van der Waals surface area (Å²) >= 11 is 6.08. The number of aromatic nitrogens is 2. The molecule has 0 spiro atoms. The van der Waals surface area contributed by atoms with Crippen LogP contribution in [0.2, 0.25) is 5.02 Å². The zero-order valence-electron chi connectivity index (χ0n) is 14.1. The van der Waals surface area contributed by atoms with Gasteiger partial charge in [0.2, 0.25) is 0 Å². The van der Waals surface area contributed by atoms with E-state index in [1.165, 1.54) is 5.56 Å². The molecule has 0 aliphatic rings. The van der Waals surface area contributed by atoms with E-state index in [-0.39, 0.29) is 0 Å². The fourth-order valence-electron chi connectivity index (χ4n) is 2.43. The summed E-state index contributed by atoms with van der Waals surface area (Å²) < 4.78 is 5.36. The van der Waals surface area contributed by atoms with Crippen LogP contribution in [-0.2, 0) is 6.54 Å². The number of nitrogens with zero attached hydrogens (tertiary/aromatic N) is 2. The minimum absolute atomic E-state index is 0.622. The maximum absolute atomic E-state index is 6.08. The molecule has 0 fully saturated rings. The molecule has 3 aromatic rings. The molecule has 0 bridgehead atoms. The molecule has 0 radical (unpaired) electrons. The molecule has 2 aromatic carbocycles. The molecular weight excluding hydrogens is 336 g/mol. The van der Waals surface area contributed by atoms with Gasteiger partial charge in [0.1, 0.15) is 23.2 Å². The average molecular weight is 355 g/mol. The minimum atomic E-state index is 0.622. The zero-order valence-corrected chi connectivity index (χ0v) is 14.8. The lowest BCUT2D eigenvalue weighted by Gasteiger charge is -2.13. The maximum atomic E-state index is 6.08. The molecule has 0 atom stereocenters. The Kier molecular flexibility index (Phi) is 5.36. The number of anilines is 3. The quantitative estimate of drug-likeness (QED) is 0.665. The summed E-state index contributed by atoms with van der Waals surface area (Å²) in [6.07, 6.45) is 0. The van der Waals surface area contributed by atoms with Crippen LogP contribution in [-0.4, -0.2) is 17.1 Å². The molecule has 3 rings (SSSR count). The van der Waals surface area contributed by atoms with Crippen LogP contribution < -0.4 is 15.4 Å². The number of aryl methyl sites for hydroxylation is 1. The third kappa shape index (κ3) is 4.61. The Morgan fingerprint density at radius 1 is 1.00 bits per heavy atom. The summed E-state index contributed by atoms with van der Waals surface area (Å²) in [5, 5.41) is 7.18. The number of halogens is 1. The second kappa shape index (κ2) is 7.85. The molecule has 2 N–H and O–H groups in total. The van der Waals surface area contributed by atoms with Gasteiger partial charge in [0, 0.05) is 17.6 Å². The van der Waals surface area contributed by atoms with Crippen molar-refractivity contribution < 1.29 is 4.74 Å². The molecule has 0 unspecified atom stereocenters. The molecular formula is C19H19ClN4O. The van der Waals surface area contributed by atoms with E-state index in [0.717, 1.165) is 11.5 Å². The average Bonchev–Trinajstić information content (AvgIpc) is 2.61. The third-order valence-electron chi connectivity index (χ3n) is 3.58. The van der Waals surface area contributed by atoms with Gasteiger partial charge in [-0.15, -0.1) is 0 Å². The van der Waals surface area contributed by atoms with Crippen molar-refractivity contribution in [1.29, 1.82) is 0 Å². The van der Waals surface area contributed by atoms with Crippen molar-refractivity contribution in [3.05, 3.63) is 71.0 Å². The van der Waals surface area contributed by atoms with Crippen LogP contribution in [0.1, 0.15) is 11.4 Å². The molecule has 1 aromatic heterocycles. The van der Waals surface area contributed by atoms with Crippen molar-refractivity contribution in [2.75, 3.05) is 17.7 Å². The molecule has 1 heterocycles. The largest absolute Gasteiger partial charge is 0.495 e. The molecule has 0 aliphatic heterocycles. The Balaban J connectivity index is 1.79. The first-order valence-corrected chi connectivity index (χ1v) is 8.26. The van der Waals surface area contributed by atoms with Crippen molar-refractivity contribution in [2.24, 2.45) is 0 Å². The van der Waals surface area contributed by atoms with Gasteiger partial charge in [-0.25, -0.2) is 9.97 Å². The summed E-state index contributed by atoms with van der Waals surface area (Å²) in [6, 6.07) is 17.4. The summed E-state index contributed by atoms with van der Waals surface area (Å²) in [4.78, 5) is 8.86. The van der Waals surface area contributed by atoms with Gasteiger partial charge < -0.3 is 15.4 Å². The second-order valence-corrected chi connectivity index (χ2v) is 5.93. The number of rotatable bonds is 6. The van der Waals surface area contributed by atoms with Gasteiger partial charge >= 0.3 is 0 Å². The van der Waals surface area contributed by atoms with E-state index in [4.69, 9.17) is 16.3 Å². The first kappa shape index (κ1) is 17.0. The van der Waals surface area contributed by atoms with Crippen LogP contribution in [0.3, 0.4) is 0 Å². The predicted octanol–water partition coefficient (Wildman–Crippen LogP) is 4.80. The lowest BCUT2D eigenvalue weighted by molar-refractivity contribution is 0.417. The first-order valence-electron chi connectivity index (χ1n) is 7.88. The Bertz CT molecular complexity index is 855. The van der Waals surface area contributed by atoms with E-state index in [0.29, 0.717) is 29.0 Å². The SMILES string of the molecule is COc1ccc(Cl)cc1Nc1cc(NCc2ccccc2)nc(C)n1. The van der Waals surface area contributed by atoms with Crippen molar-refractivity contribution in [2.45, 2.75) is 13.5 Å². The van der Waals surface area contributed by atoms with Gasteiger partial charge in [-0.05, 0) is 30.7 Å². The summed E-state index contributed by atoms with van der Waals surface area (Å²) in [5.41, 5.74) is 1.94. The fourth-order valence-corrected chi connectivity index (χ4v) is 2.60. The topological polar surface area (TPSA) is 59.1 Å². The second-order valence-electron chi connectivity index (χ2n) is 5.49. The Morgan fingerprint density at radius 2 is 1.76 bits per heavy atom. The van der Waals surface area contributed by atoms with Crippen molar-refractivity contribution >= 4 is 28.9 Å². The lowest BCUT2D eigenvalue weighted by atomic mass is 10.2. The molecule has 25 heavy (non-hydrogen) atoms. The molecule has 0 amide bonds. The molecule has 0 saturated heterocycles. The Hall–Kier alpha value is -2.79. The normalized spacial score (nSPS) is 10.4. The van der Waals surface area contributed by atoms with Crippen molar-refractivity contribution in [1.82, 2.24) is 9.97 Å². The Morgan fingerprint density at radius 3 is 2.52 bits per heavy atom. The standard InChI is InChI=1S/C19H19ClN4O/c1-13-22-18(21-12-14-6-4-3-5-7-14)11-19(23-13)24-16-10-15(20)8-9-17(16)25-2/h3-11H,12H2,1-2H3,(H2,21,22,23,24). The van der Waals surface area contributed by atoms with Gasteiger partial charge in [-0.3, -0.25) is 0 Å². The number of hydrogen-bond acceptors (Lipinski definition) is 5. The van der Waals surface area contributed by atoms with Gasteiger partial charge in [-0.2, -0.15) is 0 Å². The molecule has 128 valence electrons. The van der Waals surface area contributed by atoms with E-state index >= 15 is 0 Å². The summed E-state index contributed by atoms with van der Waals surface area (Å²) in [6.45, 7) is 2.55. The number of hydrogen-bond donors (Lipinski definition) is 2. The summed E-state index contributed by atoms with van der Waals surface area (Å²) in [7, 11) is 1.62. The van der Waals surface area contributed by atoms with E-state index < -0.39 is 0 Å². The van der Waals surface area contributed by atoms with Crippen LogP contribution in [0.4, 0.5) is 17.3 Å². The number of nitrogens with one attached hydrogen (secondary N) is 2. The summed E-state index contributed by atoms with van der Waals surface area (Å²) in [5.74, 6) is 2.78. The highest BCUT2D eigenvalue weighted by molar-refractivity contribution is 6.31. The van der Waals surface area contributed by atoms with Gasteiger partial charge in [0.15, 0.2) is 0 Å². The van der Waals surface area contributed by atoms with Crippen LogP contribution in [0.5, 0.6) is 5.75 Å². The van der Waals surface area contributed by atoms with Crippen LogP contribution in [0.15, 0.2) is 54.6 Å². The smallest absolute Gasteiger partial charge is 0.142 e. The van der Waals surface area contributed by atoms with E-state index in [1.807, 2.05) is 37.3 Å². The molecule has 6 heteroatoms. The first-order chi connectivity index (χ1) is 12.1. The predicted molar refractivity (Wildman–Crippen MR) is 102 cm³/mol. The van der Waals surface area contributed by atoms with E-state index in [2.05, 4.69) is 32.7 Å². The molecule has 5 nitrogen and oxygen atoms in total. The fraction of sp³-hybridized carbons (Fsp3) is 0.158. The zero-order chi connectivity index (χ0) is 17.6. The van der Waals surface area contributed by atoms with Crippen LogP contribution >= 0.6 is 11.6 Å². The monoisotopic (exact) mass is 354 g/mol. The van der Waals surface area contributed by atoms with Crippen LogP contribution in [0.25, 0.3) is 0 Å². The third-order valence-corrected chi connectivity index (χ3v) is 3.81. The highest BCUT2D eigenvalue weighted by atomic mass is 35.5. The van der Waals surface area contributed by atoms with E-state index in [9.17, 15) is 0 Å². The number of ether oxygens (including phenoxy) is 1. The number of methoxy groups -OCH3 is 1.